The summed E-state index contributed by atoms with van der Waals surface area (Å²) in [7, 11) is 0. The van der Waals surface area contributed by atoms with Gasteiger partial charge in [-0.05, 0) is 83.1 Å². The molecule has 0 atom stereocenters. The molecule has 0 bridgehead atoms. The summed E-state index contributed by atoms with van der Waals surface area (Å²) in [5.74, 6) is 3.58. The Morgan fingerprint density at radius 1 is 0.653 bits per heavy atom. The second-order valence-electron chi connectivity index (χ2n) is 14.1. The Hall–Kier alpha value is -5.95. The van der Waals surface area contributed by atoms with Gasteiger partial charge in [0.15, 0.2) is 5.65 Å². The van der Waals surface area contributed by atoms with E-state index in [1.165, 1.54) is 16.5 Å². The number of ether oxygens (including phenoxy) is 1. The minimum Gasteiger partial charge on any atom is -0.457 e. The van der Waals surface area contributed by atoms with Gasteiger partial charge in [0.1, 0.15) is 17.3 Å². The molecule has 0 fully saturated rings. The first-order valence-corrected chi connectivity index (χ1v) is 16.8. The van der Waals surface area contributed by atoms with Crippen molar-refractivity contribution in [2.24, 2.45) is 0 Å². The molecule has 0 N–H and O–H groups in total. The maximum absolute atomic E-state index is 6.63. The van der Waals surface area contributed by atoms with E-state index in [4.69, 9.17) is 19.7 Å². The average Bonchev–Trinajstić information content (AvgIpc) is 3.74. The normalized spacial score (nSPS) is 12.4. The fourth-order valence-corrected chi connectivity index (χ4v) is 6.91. The Labute approximate surface area is 284 Å². The Balaban J connectivity index is 1.20. The number of hydrogen-bond acceptors (Lipinski definition) is 4. The van der Waals surface area contributed by atoms with E-state index in [-0.39, 0.29) is 5.41 Å². The van der Waals surface area contributed by atoms with E-state index in [0.717, 1.165) is 67.4 Å². The molecule has 0 aliphatic rings. The lowest BCUT2D eigenvalue weighted by atomic mass is 9.88. The number of pyridine rings is 2. The van der Waals surface area contributed by atoms with Crippen molar-refractivity contribution < 1.29 is 4.74 Å². The predicted octanol–water partition coefficient (Wildman–Crippen LogP) is 10.5. The molecule has 0 spiro atoms. The molecular weight excluding hydrogens is 605 g/mol. The second kappa shape index (κ2) is 10.8. The van der Waals surface area contributed by atoms with Crippen molar-refractivity contribution in [2.45, 2.75) is 46.0 Å². The maximum atomic E-state index is 6.63. The topological polar surface area (TPSA) is 62.2 Å². The van der Waals surface area contributed by atoms with Gasteiger partial charge in [-0.15, -0.1) is 0 Å². The third-order valence-electron chi connectivity index (χ3n) is 9.53. The van der Waals surface area contributed by atoms with Gasteiger partial charge < -0.3 is 4.74 Å². The van der Waals surface area contributed by atoms with Crippen LogP contribution < -0.4 is 4.74 Å². The number of para-hydroxylation sites is 2. The van der Waals surface area contributed by atoms with Gasteiger partial charge in [0.05, 0.1) is 27.6 Å². The maximum Gasteiger partial charge on any atom is 0.221 e. The zero-order chi connectivity index (χ0) is 33.4. The van der Waals surface area contributed by atoms with Gasteiger partial charge in [-0.1, -0.05) is 71.0 Å². The molecule has 240 valence electrons. The Morgan fingerprint density at radius 3 is 2.18 bits per heavy atom. The number of fused-ring (bicyclic) bond motifs is 8. The predicted molar refractivity (Wildman–Crippen MR) is 199 cm³/mol. The summed E-state index contributed by atoms with van der Waals surface area (Å²) in [5.41, 5.74) is 9.27. The molecule has 9 aromatic rings. The number of aromatic nitrogens is 6. The standard InChI is InChI=1S/C42H36N6O/c1-26(2)27-19-20-43-39(21-27)47-35-14-10-9-13-32(35)33-17-15-30(23-36(33)47)49-31-16-18-34-37(24-31)48-40-38(22-28(25-44-40)42(3,4)5)46(41(48)45-34)29-11-7-6-8-12-29/h6-26H,1-5H3. The summed E-state index contributed by atoms with van der Waals surface area (Å²) in [6.07, 6.45) is 3.89. The molecule has 9 rings (SSSR count). The van der Waals surface area contributed by atoms with Gasteiger partial charge in [0.2, 0.25) is 5.78 Å². The van der Waals surface area contributed by atoms with Crippen LogP contribution in [0.3, 0.4) is 0 Å². The van der Waals surface area contributed by atoms with Crippen molar-refractivity contribution in [1.82, 2.24) is 28.5 Å². The van der Waals surface area contributed by atoms with Crippen LogP contribution in [0.4, 0.5) is 0 Å². The molecule has 4 aromatic carbocycles. The molecule has 49 heavy (non-hydrogen) atoms. The highest BCUT2D eigenvalue weighted by molar-refractivity contribution is 6.09. The SMILES string of the molecule is CC(C)c1ccnc(-n2c3ccccc3c3ccc(Oc4ccc5nc6n(-c7ccccc7)c7cc(C(C)(C)C)cnc7n6c5c4)cc32)c1. The first-order chi connectivity index (χ1) is 23.7. The van der Waals surface area contributed by atoms with Crippen LogP contribution in [0.2, 0.25) is 0 Å². The van der Waals surface area contributed by atoms with Crippen molar-refractivity contribution >= 4 is 49.8 Å². The van der Waals surface area contributed by atoms with E-state index in [1.807, 2.05) is 36.7 Å². The molecule has 0 saturated heterocycles. The molecule has 5 aromatic heterocycles. The lowest BCUT2D eigenvalue weighted by Crippen LogP contribution is -2.11. The van der Waals surface area contributed by atoms with Crippen molar-refractivity contribution in [3.8, 4) is 23.0 Å². The van der Waals surface area contributed by atoms with Crippen LogP contribution in [0.1, 0.15) is 51.7 Å². The zero-order valence-electron chi connectivity index (χ0n) is 28.2. The molecule has 5 heterocycles. The number of rotatable bonds is 5. The monoisotopic (exact) mass is 640 g/mol. The third kappa shape index (κ3) is 4.68. The van der Waals surface area contributed by atoms with Crippen LogP contribution in [0.15, 0.2) is 122 Å². The zero-order valence-corrected chi connectivity index (χ0v) is 28.2. The smallest absolute Gasteiger partial charge is 0.221 e. The van der Waals surface area contributed by atoms with Crippen molar-refractivity contribution in [3.63, 3.8) is 0 Å². The van der Waals surface area contributed by atoms with Crippen LogP contribution in [-0.4, -0.2) is 28.5 Å². The molecule has 7 heteroatoms. The van der Waals surface area contributed by atoms with Crippen molar-refractivity contribution in [3.05, 3.63) is 133 Å². The molecule has 0 unspecified atom stereocenters. The Morgan fingerprint density at radius 2 is 1.39 bits per heavy atom. The van der Waals surface area contributed by atoms with Gasteiger partial charge in [-0.2, -0.15) is 0 Å². The fourth-order valence-electron chi connectivity index (χ4n) is 6.91. The number of nitrogens with zero attached hydrogens (tertiary/aromatic N) is 6. The summed E-state index contributed by atoms with van der Waals surface area (Å²) in [6, 6.07) is 37.8. The van der Waals surface area contributed by atoms with Crippen LogP contribution in [0.5, 0.6) is 11.5 Å². The van der Waals surface area contributed by atoms with E-state index in [9.17, 15) is 0 Å². The van der Waals surface area contributed by atoms with Crippen molar-refractivity contribution in [2.75, 3.05) is 0 Å². The van der Waals surface area contributed by atoms with Crippen LogP contribution >= 0.6 is 0 Å². The molecule has 0 radical (unpaired) electrons. The van der Waals surface area contributed by atoms with E-state index < -0.39 is 0 Å². The first-order valence-electron chi connectivity index (χ1n) is 16.8. The molecule has 0 aliphatic heterocycles. The highest BCUT2D eigenvalue weighted by atomic mass is 16.5. The fraction of sp³-hybridized carbons (Fsp3) is 0.167. The molecular formula is C42H36N6O. The van der Waals surface area contributed by atoms with E-state index in [2.05, 4.69) is 133 Å². The van der Waals surface area contributed by atoms with Crippen molar-refractivity contribution in [1.29, 1.82) is 0 Å². The van der Waals surface area contributed by atoms with Crippen LogP contribution in [0, 0.1) is 0 Å². The lowest BCUT2D eigenvalue weighted by Gasteiger charge is -2.18. The summed E-state index contributed by atoms with van der Waals surface area (Å²) >= 11 is 0. The second-order valence-corrected chi connectivity index (χ2v) is 14.1. The average molecular weight is 641 g/mol. The van der Waals surface area contributed by atoms with Crippen LogP contribution in [0.25, 0.3) is 61.3 Å². The molecule has 0 saturated carbocycles. The summed E-state index contributed by atoms with van der Waals surface area (Å²) in [5, 5.41) is 2.34. The Bertz CT molecular complexity index is 2710. The number of hydrogen-bond donors (Lipinski definition) is 0. The number of benzene rings is 4. The van der Waals surface area contributed by atoms with Gasteiger partial charge in [0.25, 0.3) is 0 Å². The highest BCUT2D eigenvalue weighted by Crippen LogP contribution is 2.37. The third-order valence-corrected chi connectivity index (χ3v) is 9.53. The largest absolute Gasteiger partial charge is 0.457 e. The van der Waals surface area contributed by atoms with Crippen LogP contribution in [-0.2, 0) is 5.41 Å². The van der Waals surface area contributed by atoms with Gasteiger partial charge in [0, 0.05) is 41.0 Å². The van der Waals surface area contributed by atoms with Gasteiger partial charge in [-0.3, -0.25) is 13.5 Å². The molecule has 7 nitrogen and oxygen atoms in total. The van der Waals surface area contributed by atoms with E-state index >= 15 is 0 Å². The summed E-state index contributed by atoms with van der Waals surface area (Å²) < 4.78 is 13.2. The van der Waals surface area contributed by atoms with Gasteiger partial charge in [-0.25, -0.2) is 15.0 Å². The quantitative estimate of drug-likeness (QED) is 0.188. The van der Waals surface area contributed by atoms with Gasteiger partial charge >= 0.3 is 0 Å². The summed E-state index contributed by atoms with van der Waals surface area (Å²) in [6.45, 7) is 11.1. The Kier molecular flexibility index (Phi) is 6.43. The first kappa shape index (κ1) is 29.2. The summed E-state index contributed by atoms with van der Waals surface area (Å²) in [4.78, 5) is 14.9. The minimum atomic E-state index is -0.0434. The lowest BCUT2D eigenvalue weighted by molar-refractivity contribution is 0.484. The number of imidazole rings is 2. The molecule has 0 amide bonds. The highest BCUT2D eigenvalue weighted by Gasteiger charge is 2.22. The van der Waals surface area contributed by atoms with E-state index in [0.29, 0.717) is 5.92 Å². The van der Waals surface area contributed by atoms with E-state index in [1.54, 1.807) is 0 Å². The molecule has 0 aliphatic carbocycles. The minimum absolute atomic E-state index is 0.0434.